The van der Waals surface area contributed by atoms with E-state index in [1.54, 1.807) is 0 Å². The van der Waals surface area contributed by atoms with E-state index in [-0.39, 0.29) is 28.2 Å². The summed E-state index contributed by atoms with van der Waals surface area (Å²) >= 11 is 8.78. The maximum Gasteiger partial charge on any atom is 0.312 e. The molecule has 9 heteroatoms. The number of halogens is 2. The fourth-order valence-electron chi connectivity index (χ4n) is 1.32. The van der Waals surface area contributed by atoms with Gasteiger partial charge < -0.3 is 4.74 Å². The minimum atomic E-state index is -0.646. The smallest absolute Gasteiger partial charge is 0.312 e. The van der Waals surface area contributed by atoms with E-state index in [1.165, 1.54) is 18.3 Å². The molecule has 0 bridgehead atoms. The van der Waals surface area contributed by atoms with Crippen LogP contribution in [-0.4, -0.2) is 14.9 Å². The topological polar surface area (TPSA) is 102 Å². The largest absolute Gasteiger partial charge is 0.430 e. The predicted molar refractivity (Wildman–Crippen MR) is 72.6 cm³/mol. The summed E-state index contributed by atoms with van der Waals surface area (Å²) < 4.78 is 5.74. The van der Waals surface area contributed by atoms with Gasteiger partial charge in [0.2, 0.25) is 16.9 Å². The lowest BCUT2D eigenvalue weighted by molar-refractivity contribution is -0.385. The normalized spacial score (nSPS) is 9.85. The molecule has 0 spiro atoms. The molecule has 0 atom stereocenters. The van der Waals surface area contributed by atoms with Crippen LogP contribution in [0.3, 0.4) is 0 Å². The molecule has 0 radical (unpaired) electrons. The van der Waals surface area contributed by atoms with Crippen LogP contribution in [-0.2, 0) is 0 Å². The van der Waals surface area contributed by atoms with E-state index in [0.29, 0.717) is 4.47 Å². The summed E-state index contributed by atoms with van der Waals surface area (Å²) in [6, 6.07) is 5.66. The van der Waals surface area contributed by atoms with Crippen LogP contribution < -0.4 is 4.74 Å². The van der Waals surface area contributed by atoms with E-state index >= 15 is 0 Å². The van der Waals surface area contributed by atoms with Crippen LogP contribution in [0, 0.1) is 21.4 Å². The molecular weight excluding hydrogens is 352 g/mol. The molecule has 7 nitrogen and oxygen atoms in total. The van der Waals surface area contributed by atoms with Gasteiger partial charge in [-0.2, -0.15) is 10.2 Å². The minimum Gasteiger partial charge on any atom is -0.430 e. The van der Waals surface area contributed by atoms with Crippen LogP contribution in [0.15, 0.2) is 28.9 Å². The first kappa shape index (κ1) is 14.2. The molecule has 0 saturated heterocycles. The Morgan fingerprint density at radius 3 is 2.90 bits per heavy atom. The van der Waals surface area contributed by atoms with Crippen LogP contribution >= 0.6 is 27.5 Å². The zero-order valence-corrected chi connectivity index (χ0v) is 11.9. The number of nitro groups is 1. The van der Waals surface area contributed by atoms with Gasteiger partial charge in [0.05, 0.1) is 21.0 Å². The molecule has 0 aliphatic rings. The van der Waals surface area contributed by atoms with Crippen molar-refractivity contribution in [2.75, 3.05) is 0 Å². The average Bonchev–Trinajstić information content (AvgIpc) is 2.43. The monoisotopic (exact) mass is 354 g/mol. The van der Waals surface area contributed by atoms with E-state index in [1.807, 2.05) is 6.07 Å². The van der Waals surface area contributed by atoms with Crippen molar-refractivity contribution in [3.63, 3.8) is 0 Å². The van der Waals surface area contributed by atoms with Gasteiger partial charge >= 0.3 is 5.69 Å². The van der Waals surface area contributed by atoms with Crippen molar-refractivity contribution >= 4 is 33.2 Å². The van der Waals surface area contributed by atoms with Gasteiger partial charge in [-0.25, -0.2) is 4.98 Å². The summed E-state index contributed by atoms with van der Waals surface area (Å²) in [6.07, 6.45) is 1.36. The lowest BCUT2D eigenvalue weighted by Gasteiger charge is -2.07. The maximum atomic E-state index is 11.0. The Kier molecular flexibility index (Phi) is 4.12. The van der Waals surface area contributed by atoms with E-state index < -0.39 is 4.92 Å². The van der Waals surface area contributed by atoms with Gasteiger partial charge in [0.25, 0.3) is 0 Å². The molecule has 0 aliphatic heterocycles. The third kappa shape index (κ3) is 3.01. The van der Waals surface area contributed by atoms with Crippen molar-refractivity contribution in [3.05, 3.63) is 49.8 Å². The fraction of sp³-hybridized carbons (Fsp3) is 0. The Bertz CT molecular complexity index is 732. The SMILES string of the molecule is N#Cc1ccc(Oc2nc(Cl)ncc2Br)c([N+](=O)[O-])c1. The number of nitrogens with zero attached hydrogens (tertiary/aromatic N) is 4. The third-order valence-electron chi connectivity index (χ3n) is 2.17. The molecule has 100 valence electrons. The van der Waals surface area contributed by atoms with E-state index in [9.17, 15) is 10.1 Å². The van der Waals surface area contributed by atoms with Gasteiger partial charge in [-0.3, -0.25) is 10.1 Å². The molecule has 0 saturated carbocycles. The molecule has 2 aromatic rings. The Morgan fingerprint density at radius 1 is 1.50 bits per heavy atom. The maximum absolute atomic E-state index is 11.0. The van der Waals surface area contributed by atoms with Crippen LogP contribution in [0.4, 0.5) is 5.69 Å². The molecule has 1 heterocycles. The van der Waals surface area contributed by atoms with Crippen molar-refractivity contribution in [2.45, 2.75) is 0 Å². The lowest BCUT2D eigenvalue weighted by atomic mass is 10.2. The molecule has 0 unspecified atom stereocenters. The predicted octanol–water partition coefficient (Wildman–Crippen LogP) is 3.46. The van der Waals surface area contributed by atoms with Gasteiger partial charge in [-0.15, -0.1) is 0 Å². The van der Waals surface area contributed by atoms with Gasteiger partial charge in [-0.05, 0) is 39.7 Å². The highest BCUT2D eigenvalue weighted by molar-refractivity contribution is 9.10. The van der Waals surface area contributed by atoms with Crippen LogP contribution in [0.2, 0.25) is 5.28 Å². The highest BCUT2D eigenvalue weighted by Gasteiger charge is 2.18. The van der Waals surface area contributed by atoms with Crippen LogP contribution in [0.5, 0.6) is 11.6 Å². The summed E-state index contributed by atoms with van der Waals surface area (Å²) in [5, 5.41) is 19.7. The Morgan fingerprint density at radius 2 is 2.25 bits per heavy atom. The highest BCUT2D eigenvalue weighted by atomic mass is 79.9. The first-order valence-corrected chi connectivity index (χ1v) is 6.23. The number of hydrogen-bond donors (Lipinski definition) is 0. The highest BCUT2D eigenvalue weighted by Crippen LogP contribution is 2.34. The van der Waals surface area contributed by atoms with Crippen molar-refractivity contribution in [2.24, 2.45) is 0 Å². The number of nitriles is 1. The van der Waals surface area contributed by atoms with E-state index in [0.717, 1.165) is 6.07 Å². The van der Waals surface area contributed by atoms with Gasteiger partial charge in [0.15, 0.2) is 0 Å². The minimum absolute atomic E-state index is 0.0396. The molecule has 1 aromatic heterocycles. The molecule has 2 rings (SSSR count). The average molecular weight is 356 g/mol. The zero-order valence-electron chi connectivity index (χ0n) is 9.58. The van der Waals surface area contributed by atoms with Crippen molar-refractivity contribution < 1.29 is 9.66 Å². The number of aromatic nitrogens is 2. The molecule has 20 heavy (non-hydrogen) atoms. The second-order valence-electron chi connectivity index (χ2n) is 3.45. The van der Waals surface area contributed by atoms with Gasteiger partial charge in [-0.1, -0.05) is 0 Å². The molecule has 1 aromatic carbocycles. The number of nitro benzene ring substituents is 1. The van der Waals surface area contributed by atoms with Gasteiger partial charge in [0.1, 0.15) is 0 Å². The Balaban J connectivity index is 2.46. The van der Waals surface area contributed by atoms with Crippen LogP contribution in [0.25, 0.3) is 0 Å². The second kappa shape index (κ2) is 5.81. The summed E-state index contributed by atoms with van der Waals surface area (Å²) in [5.74, 6) is -0.0118. The molecule has 0 aliphatic carbocycles. The lowest BCUT2D eigenvalue weighted by Crippen LogP contribution is -1.97. The van der Waals surface area contributed by atoms with Gasteiger partial charge in [0, 0.05) is 12.3 Å². The first-order chi connectivity index (χ1) is 9.51. The summed E-state index contributed by atoms with van der Waals surface area (Å²) in [4.78, 5) is 17.9. The number of hydrogen-bond acceptors (Lipinski definition) is 6. The molecular formula is C11H4BrClN4O3. The number of ether oxygens (including phenoxy) is 1. The second-order valence-corrected chi connectivity index (χ2v) is 4.64. The summed E-state index contributed by atoms with van der Waals surface area (Å²) in [5.41, 5.74) is -0.186. The summed E-state index contributed by atoms with van der Waals surface area (Å²) in [6.45, 7) is 0. The fourth-order valence-corrected chi connectivity index (χ4v) is 1.72. The van der Waals surface area contributed by atoms with Crippen molar-refractivity contribution in [3.8, 4) is 17.7 Å². The number of rotatable bonds is 3. The van der Waals surface area contributed by atoms with E-state index in [2.05, 4.69) is 25.9 Å². The quantitative estimate of drug-likeness (QED) is 0.474. The van der Waals surface area contributed by atoms with E-state index in [4.69, 9.17) is 21.6 Å². The third-order valence-corrected chi connectivity index (χ3v) is 2.90. The van der Waals surface area contributed by atoms with Crippen LogP contribution in [0.1, 0.15) is 5.56 Å². The Labute approximate surface area is 126 Å². The van der Waals surface area contributed by atoms with Crippen molar-refractivity contribution in [1.29, 1.82) is 5.26 Å². The zero-order chi connectivity index (χ0) is 14.7. The first-order valence-electron chi connectivity index (χ1n) is 5.05. The molecule has 0 N–H and O–H groups in total. The summed E-state index contributed by atoms with van der Waals surface area (Å²) in [7, 11) is 0. The standard InChI is InChI=1S/C11H4BrClN4O3/c12-7-5-15-11(13)16-10(7)20-9-2-1-6(4-14)3-8(9)17(18)19/h1-3,5H. The van der Waals surface area contributed by atoms with Crippen molar-refractivity contribution in [1.82, 2.24) is 9.97 Å². The number of benzene rings is 1. The Hall–Kier alpha value is -2.24. The molecule has 0 fully saturated rings. The molecule has 0 amide bonds.